The van der Waals surface area contributed by atoms with Crippen LogP contribution in [0.15, 0.2) is 42.5 Å². The first-order valence-electron chi connectivity index (χ1n) is 10.3. The lowest BCUT2D eigenvalue weighted by atomic mass is 9.87. The Morgan fingerprint density at radius 1 is 1.00 bits per heavy atom. The van der Waals surface area contributed by atoms with Crippen LogP contribution in [0.3, 0.4) is 0 Å². The van der Waals surface area contributed by atoms with E-state index in [4.69, 9.17) is 9.47 Å². The molecule has 1 saturated heterocycles. The summed E-state index contributed by atoms with van der Waals surface area (Å²) >= 11 is 0. The van der Waals surface area contributed by atoms with Crippen molar-refractivity contribution in [1.82, 2.24) is 0 Å². The molecule has 0 radical (unpaired) electrons. The van der Waals surface area contributed by atoms with E-state index in [-0.39, 0.29) is 17.7 Å². The van der Waals surface area contributed by atoms with E-state index >= 15 is 0 Å². The fourth-order valence-electron chi connectivity index (χ4n) is 4.66. The van der Waals surface area contributed by atoms with Gasteiger partial charge in [0.15, 0.2) is 5.79 Å². The van der Waals surface area contributed by atoms with Gasteiger partial charge in [0.25, 0.3) is 0 Å². The summed E-state index contributed by atoms with van der Waals surface area (Å²) in [6.07, 6.45) is 5.73. The third-order valence-corrected chi connectivity index (χ3v) is 6.34. The van der Waals surface area contributed by atoms with Crippen LogP contribution in [-0.4, -0.2) is 18.5 Å². The SMILES string of the molecule is CCC1(CC)OC[C@H](CCC2Cc3cc(F)ccc3Cc3ccccc32)O1. The van der Waals surface area contributed by atoms with Crippen LogP contribution < -0.4 is 0 Å². The Morgan fingerprint density at radius 3 is 2.59 bits per heavy atom. The molecule has 2 aromatic carbocycles. The lowest BCUT2D eigenvalue weighted by Crippen LogP contribution is -2.29. The number of halogens is 1. The fourth-order valence-corrected chi connectivity index (χ4v) is 4.66. The minimum Gasteiger partial charge on any atom is -0.347 e. The van der Waals surface area contributed by atoms with E-state index < -0.39 is 0 Å². The summed E-state index contributed by atoms with van der Waals surface area (Å²) in [6.45, 7) is 4.93. The van der Waals surface area contributed by atoms with Crippen LogP contribution in [0.4, 0.5) is 4.39 Å². The van der Waals surface area contributed by atoms with Crippen molar-refractivity contribution >= 4 is 0 Å². The smallest absolute Gasteiger partial charge is 0.168 e. The van der Waals surface area contributed by atoms with Crippen LogP contribution in [0.1, 0.15) is 67.7 Å². The predicted octanol–water partition coefficient (Wildman–Crippen LogP) is 5.77. The first kappa shape index (κ1) is 18.6. The van der Waals surface area contributed by atoms with Gasteiger partial charge in [-0.1, -0.05) is 44.2 Å². The summed E-state index contributed by atoms with van der Waals surface area (Å²) in [6, 6.07) is 14.0. The van der Waals surface area contributed by atoms with Crippen LogP contribution in [0.25, 0.3) is 0 Å². The zero-order chi connectivity index (χ0) is 18.9. The largest absolute Gasteiger partial charge is 0.347 e. The van der Waals surface area contributed by atoms with E-state index in [1.54, 1.807) is 12.1 Å². The standard InChI is InChI=1S/C24H29FO2/c1-3-24(4-2)26-16-22(27-24)12-10-19-14-20-15-21(25)11-9-17(20)13-18-7-5-6-8-23(18)19/h5-9,11,15,19,22H,3-4,10,12-14,16H2,1-2H3/t19?,22-/m0/s1. The molecule has 1 unspecified atom stereocenters. The number of rotatable bonds is 5. The summed E-state index contributed by atoms with van der Waals surface area (Å²) in [4.78, 5) is 0. The number of fused-ring (bicyclic) bond motifs is 2. The maximum Gasteiger partial charge on any atom is 0.168 e. The maximum absolute atomic E-state index is 13.8. The quantitative estimate of drug-likeness (QED) is 0.667. The van der Waals surface area contributed by atoms with Gasteiger partial charge >= 0.3 is 0 Å². The Bertz CT molecular complexity index is 797. The summed E-state index contributed by atoms with van der Waals surface area (Å²) < 4.78 is 26.1. The molecule has 2 nitrogen and oxygen atoms in total. The molecule has 1 heterocycles. The lowest BCUT2D eigenvalue weighted by molar-refractivity contribution is -0.172. The van der Waals surface area contributed by atoms with Gasteiger partial charge in [-0.3, -0.25) is 0 Å². The Balaban J connectivity index is 1.53. The number of ether oxygens (including phenoxy) is 2. The third-order valence-electron chi connectivity index (χ3n) is 6.34. The molecule has 2 atom stereocenters. The van der Waals surface area contributed by atoms with E-state index in [9.17, 15) is 4.39 Å². The molecule has 1 aliphatic carbocycles. The van der Waals surface area contributed by atoms with Gasteiger partial charge in [0.05, 0.1) is 12.7 Å². The van der Waals surface area contributed by atoms with E-state index in [1.807, 2.05) is 6.07 Å². The molecule has 0 aromatic heterocycles. The molecule has 4 rings (SSSR count). The molecule has 0 amide bonds. The molecule has 2 aliphatic rings. The predicted molar refractivity (Wildman–Crippen MR) is 105 cm³/mol. The van der Waals surface area contributed by atoms with Crippen LogP contribution in [0, 0.1) is 5.82 Å². The van der Waals surface area contributed by atoms with Crippen LogP contribution in [-0.2, 0) is 22.3 Å². The minimum atomic E-state index is -0.387. The van der Waals surface area contributed by atoms with Crippen molar-refractivity contribution in [2.45, 2.75) is 70.2 Å². The molecule has 144 valence electrons. The maximum atomic E-state index is 13.8. The van der Waals surface area contributed by atoms with Gasteiger partial charge in [0, 0.05) is 0 Å². The molecule has 2 aromatic rings. The monoisotopic (exact) mass is 368 g/mol. The highest BCUT2D eigenvalue weighted by Gasteiger charge is 2.38. The number of hydrogen-bond acceptors (Lipinski definition) is 2. The molecule has 0 spiro atoms. The second kappa shape index (κ2) is 7.73. The van der Waals surface area contributed by atoms with Gasteiger partial charge in [-0.05, 0) is 78.8 Å². The molecule has 0 N–H and O–H groups in total. The van der Waals surface area contributed by atoms with Crippen molar-refractivity contribution in [3.8, 4) is 0 Å². The molecular formula is C24H29FO2. The van der Waals surface area contributed by atoms with Gasteiger partial charge in [-0.15, -0.1) is 0 Å². The Labute approximate surface area is 161 Å². The summed E-state index contributed by atoms with van der Waals surface area (Å²) in [7, 11) is 0. The minimum absolute atomic E-state index is 0.137. The zero-order valence-corrected chi connectivity index (χ0v) is 16.3. The van der Waals surface area contributed by atoms with Gasteiger partial charge in [0.1, 0.15) is 5.82 Å². The number of hydrogen-bond donors (Lipinski definition) is 0. The molecule has 1 fully saturated rings. The average Bonchev–Trinajstić information content (AvgIpc) is 3.04. The van der Waals surface area contributed by atoms with Crippen molar-refractivity contribution in [2.24, 2.45) is 0 Å². The fraction of sp³-hybridized carbons (Fsp3) is 0.500. The van der Waals surface area contributed by atoms with E-state index in [2.05, 4.69) is 38.1 Å². The van der Waals surface area contributed by atoms with Crippen LogP contribution in [0.5, 0.6) is 0 Å². The first-order chi connectivity index (χ1) is 13.1. The van der Waals surface area contributed by atoms with E-state index in [0.717, 1.165) is 44.1 Å². The van der Waals surface area contributed by atoms with E-state index in [1.165, 1.54) is 16.7 Å². The second-order valence-electron chi connectivity index (χ2n) is 7.94. The highest BCUT2D eigenvalue weighted by Crippen LogP contribution is 2.37. The molecule has 3 heteroatoms. The average molecular weight is 368 g/mol. The summed E-state index contributed by atoms with van der Waals surface area (Å²) in [5.41, 5.74) is 5.18. The summed E-state index contributed by atoms with van der Waals surface area (Å²) in [5, 5.41) is 0. The van der Waals surface area contributed by atoms with Crippen molar-refractivity contribution in [3.63, 3.8) is 0 Å². The lowest BCUT2D eigenvalue weighted by Gasteiger charge is -2.25. The van der Waals surface area contributed by atoms with Crippen LogP contribution >= 0.6 is 0 Å². The van der Waals surface area contributed by atoms with Crippen LogP contribution in [0.2, 0.25) is 0 Å². The highest BCUT2D eigenvalue weighted by atomic mass is 19.1. The van der Waals surface area contributed by atoms with Crippen molar-refractivity contribution < 1.29 is 13.9 Å². The first-order valence-corrected chi connectivity index (χ1v) is 10.3. The summed E-state index contributed by atoms with van der Waals surface area (Å²) in [5.74, 6) is -0.130. The van der Waals surface area contributed by atoms with Gasteiger partial charge < -0.3 is 9.47 Å². The Hall–Kier alpha value is -1.71. The molecule has 1 aliphatic heterocycles. The van der Waals surface area contributed by atoms with Crippen molar-refractivity contribution in [1.29, 1.82) is 0 Å². The topological polar surface area (TPSA) is 18.5 Å². The van der Waals surface area contributed by atoms with Gasteiger partial charge in [0.2, 0.25) is 0 Å². The normalized spacial score (nSPS) is 23.5. The second-order valence-corrected chi connectivity index (χ2v) is 7.94. The van der Waals surface area contributed by atoms with Crippen molar-refractivity contribution in [2.75, 3.05) is 6.61 Å². The van der Waals surface area contributed by atoms with Gasteiger partial charge in [-0.2, -0.15) is 0 Å². The van der Waals surface area contributed by atoms with E-state index in [0.29, 0.717) is 12.5 Å². The Kier molecular flexibility index (Phi) is 5.34. The molecule has 27 heavy (non-hydrogen) atoms. The van der Waals surface area contributed by atoms with Crippen molar-refractivity contribution in [3.05, 3.63) is 70.5 Å². The number of benzene rings is 2. The van der Waals surface area contributed by atoms with Gasteiger partial charge in [-0.25, -0.2) is 4.39 Å². The Morgan fingerprint density at radius 2 is 1.81 bits per heavy atom. The highest BCUT2D eigenvalue weighted by molar-refractivity contribution is 5.42. The zero-order valence-electron chi connectivity index (χ0n) is 16.3. The molecule has 0 bridgehead atoms. The molecular weight excluding hydrogens is 339 g/mol. The molecule has 0 saturated carbocycles. The third kappa shape index (κ3) is 3.81.